The highest BCUT2D eigenvalue weighted by Crippen LogP contribution is 1.80. The van der Waals surface area contributed by atoms with Gasteiger partial charge in [0.1, 0.15) is 0 Å². The summed E-state index contributed by atoms with van der Waals surface area (Å²) in [7, 11) is 1.81. The first-order valence-corrected chi connectivity index (χ1v) is 9.45. The molecule has 2 unspecified atom stereocenters. The van der Waals surface area contributed by atoms with Crippen LogP contribution >= 0.6 is 0 Å². The highest BCUT2D eigenvalue weighted by molar-refractivity contribution is 8.90. The summed E-state index contributed by atoms with van der Waals surface area (Å²) in [5.74, 6) is 0. The van der Waals surface area contributed by atoms with Gasteiger partial charge in [-0.3, -0.25) is 0 Å². The minimum Gasteiger partial charge on any atom is -0.0776 e. The van der Waals surface area contributed by atoms with E-state index in [2.05, 4.69) is 6.26 Å². The van der Waals surface area contributed by atoms with E-state index in [1.54, 1.807) is 0 Å². The van der Waals surface area contributed by atoms with Gasteiger partial charge in [0.05, 0.1) is 0 Å². The summed E-state index contributed by atoms with van der Waals surface area (Å²) in [5, 5.41) is 0. The Kier molecular flexibility index (Phi) is 82.4. The average molecular weight is 285 g/mol. The fourth-order valence-corrected chi connectivity index (χ4v) is 5.01. The summed E-state index contributed by atoms with van der Waals surface area (Å²) < 4.78 is 0. The number of rotatable bonds is 1. The lowest BCUT2D eigenvalue weighted by atomic mass is 11.0. The van der Waals surface area contributed by atoms with Crippen LogP contribution < -0.4 is 0 Å². The molecule has 0 aromatic heterocycles. The van der Waals surface area contributed by atoms with Crippen LogP contribution in [-0.2, 0) is 48.2 Å². The monoisotopic (exact) mass is 284 g/mol. The molecule has 0 nitrogen and oxygen atoms in total. The maximum atomic E-state index is 4.95. The fourth-order valence-electron chi connectivity index (χ4n) is 0.0391. The van der Waals surface area contributed by atoms with Gasteiger partial charge in [-0.1, -0.05) is 60.5 Å². The van der Waals surface area contributed by atoms with Crippen LogP contribution in [-0.4, -0.2) is 12.5 Å². The summed E-state index contributed by atoms with van der Waals surface area (Å²) in [6.07, 6.45) is 4.13. The van der Waals surface area contributed by atoms with Gasteiger partial charge in [0.2, 0.25) is 0 Å². The third-order valence-corrected chi connectivity index (χ3v) is 11.5. The standard InChI is InChI=1S/C2H6S5.C2H6.4CH4/c1-6(4)7(2)5-3;1-2;;;;/h1-2H3;1-2H3;4*1H4. The first-order valence-electron chi connectivity index (χ1n) is 2.48. The minimum absolute atomic E-state index is 0. The lowest BCUT2D eigenvalue weighted by molar-refractivity contribution is 1.50. The van der Waals surface area contributed by atoms with Gasteiger partial charge in [-0.05, 0) is 43.8 Å². The topological polar surface area (TPSA) is 0 Å². The summed E-state index contributed by atoms with van der Waals surface area (Å²) >= 11 is 9.67. The molecule has 0 aromatic carbocycles. The zero-order chi connectivity index (χ0) is 7.86. The molecular weight excluding hydrogens is 256 g/mol. The van der Waals surface area contributed by atoms with Crippen LogP contribution in [0.25, 0.3) is 0 Å². The molecule has 0 radical (unpaired) electrons. The van der Waals surface area contributed by atoms with E-state index < -0.39 is 0 Å². The van der Waals surface area contributed by atoms with Crippen molar-refractivity contribution in [1.29, 1.82) is 0 Å². The van der Waals surface area contributed by atoms with E-state index in [4.69, 9.17) is 22.4 Å². The maximum absolute atomic E-state index is 4.95. The lowest BCUT2D eigenvalue weighted by Gasteiger charge is -1.89. The Morgan fingerprint density at radius 3 is 1.15 bits per heavy atom. The van der Waals surface area contributed by atoms with Crippen LogP contribution in [0, 0.1) is 0 Å². The second-order valence-electron chi connectivity index (χ2n) is 0.871. The summed E-state index contributed by atoms with van der Waals surface area (Å²) in [6, 6.07) is 0. The van der Waals surface area contributed by atoms with Crippen LogP contribution in [0.3, 0.4) is 0 Å². The van der Waals surface area contributed by atoms with Gasteiger partial charge in [0.25, 0.3) is 0 Å². The summed E-state index contributed by atoms with van der Waals surface area (Å²) in [4.78, 5) is 0. The van der Waals surface area contributed by atoms with Crippen LogP contribution in [0.5, 0.6) is 0 Å². The van der Waals surface area contributed by atoms with Crippen molar-refractivity contribution in [2.45, 2.75) is 43.6 Å². The molecule has 0 bridgehead atoms. The van der Waals surface area contributed by atoms with Gasteiger partial charge in [0, 0.05) is 0 Å². The molecule has 0 aliphatic rings. The normalized spacial score (nSPS) is 10.2. The fraction of sp³-hybridized carbons (Fsp3) is 1.00. The highest BCUT2D eigenvalue weighted by atomic mass is 33.5. The first kappa shape index (κ1) is 36.7. The maximum Gasteiger partial charge on any atom is -0.00361 e. The van der Waals surface area contributed by atoms with E-state index >= 15 is 0 Å². The van der Waals surface area contributed by atoms with Crippen LogP contribution in [0.1, 0.15) is 43.6 Å². The number of hydrogen-bond donors (Lipinski definition) is 0. The molecule has 0 heterocycles. The van der Waals surface area contributed by atoms with Gasteiger partial charge in [0.15, 0.2) is 0 Å². The molecule has 2 atom stereocenters. The van der Waals surface area contributed by atoms with Gasteiger partial charge < -0.3 is 0 Å². The largest absolute Gasteiger partial charge is 0.0776 e. The molecule has 0 spiro atoms. The molecule has 13 heavy (non-hydrogen) atoms. The van der Waals surface area contributed by atoms with Gasteiger partial charge in [-0.25, -0.2) is 0 Å². The van der Waals surface area contributed by atoms with Crippen molar-refractivity contribution in [2.75, 3.05) is 12.5 Å². The van der Waals surface area contributed by atoms with Crippen LogP contribution in [0.4, 0.5) is 0 Å². The zero-order valence-corrected chi connectivity index (χ0v) is 10.1. The summed E-state index contributed by atoms with van der Waals surface area (Å²) in [5.41, 5.74) is 0. The Labute approximate surface area is 104 Å². The quantitative estimate of drug-likeness (QED) is 0.670. The Morgan fingerprint density at radius 2 is 1.15 bits per heavy atom. The van der Waals surface area contributed by atoms with Crippen molar-refractivity contribution in [1.82, 2.24) is 0 Å². The van der Waals surface area contributed by atoms with Gasteiger partial charge in [-0.2, -0.15) is 0 Å². The van der Waals surface area contributed by atoms with E-state index in [9.17, 15) is 0 Å². The molecule has 0 aliphatic carbocycles. The molecule has 0 aromatic rings. The molecule has 90 valence electrons. The SMILES string of the molecule is C.C.C.C.CC.CS(=S)S(C)=S=S. The average Bonchev–Trinajstić information content (AvgIpc) is 1.91. The van der Waals surface area contributed by atoms with Gasteiger partial charge in [-0.15, -0.1) is 0 Å². The van der Waals surface area contributed by atoms with Crippen LogP contribution in [0.15, 0.2) is 0 Å². The zero-order valence-electron chi connectivity index (χ0n) is 6.04. The highest BCUT2D eigenvalue weighted by Gasteiger charge is 1.79. The van der Waals surface area contributed by atoms with Crippen molar-refractivity contribution in [2.24, 2.45) is 0 Å². The molecule has 0 saturated heterocycles. The van der Waals surface area contributed by atoms with Gasteiger partial charge >= 0.3 is 0 Å². The van der Waals surface area contributed by atoms with Crippen LogP contribution in [0.2, 0.25) is 0 Å². The molecule has 0 saturated carbocycles. The summed E-state index contributed by atoms with van der Waals surface area (Å²) in [6.45, 7) is 4.00. The molecule has 5 heteroatoms. The lowest BCUT2D eigenvalue weighted by Crippen LogP contribution is -1.88. The smallest absolute Gasteiger partial charge is 0.00361 e. The molecule has 0 amide bonds. The predicted molar refractivity (Wildman–Crippen MR) is 86.9 cm³/mol. The predicted octanol–water partition coefficient (Wildman–Crippen LogP) is 3.89. The van der Waals surface area contributed by atoms with E-state index in [1.165, 1.54) is 8.88 Å². The van der Waals surface area contributed by atoms with Crippen molar-refractivity contribution in [3.63, 3.8) is 0 Å². The molecular formula is C8H28S5. The molecule has 0 N–H and O–H groups in total. The molecule has 0 aliphatic heterocycles. The van der Waals surface area contributed by atoms with Crippen molar-refractivity contribution in [3.8, 4) is 0 Å². The third kappa shape index (κ3) is 31.8. The Balaban J connectivity index is -0.0000000191. The van der Waals surface area contributed by atoms with E-state index in [0.717, 1.165) is 0 Å². The molecule has 0 fully saturated rings. The number of hydrogen-bond acceptors (Lipinski definition) is 2. The van der Waals surface area contributed by atoms with Crippen molar-refractivity contribution < 1.29 is 0 Å². The van der Waals surface area contributed by atoms with E-state index in [0.29, 0.717) is 0 Å². The second-order valence-corrected chi connectivity index (χ2v) is 11.5. The Hall–Kier alpha value is 1.36. The second kappa shape index (κ2) is 29.2. The molecule has 0 rings (SSSR count). The van der Waals surface area contributed by atoms with Crippen molar-refractivity contribution in [3.05, 3.63) is 0 Å². The van der Waals surface area contributed by atoms with E-state index in [-0.39, 0.29) is 46.7 Å². The van der Waals surface area contributed by atoms with E-state index in [1.807, 2.05) is 20.1 Å². The Morgan fingerprint density at radius 1 is 0.923 bits per heavy atom. The Bertz CT molecular complexity index is 135. The first-order chi connectivity index (χ1) is 4.18. The third-order valence-electron chi connectivity index (χ3n) is 0.426. The minimum atomic E-state index is 0. The van der Waals surface area contributed by atoms with Crippen molar-refractivity contribution >= 4 is 48.2 Å².